The molecule has 0 spiro atoms. The van der Waals surface area contributed by atoms with Gasteiger partial charge in [-0.15, -0.1) is 0 Å². The van der Waals surface area contributed by atoms with Crippen molar-refractivity contribution in [3.8, 4) is 0 Å². The van der Waals surface area contributed by atoms with Crippen LogP contribution in [0.2, 0.25) is 0 Å². The van der Waals surface area contributed by atoms with Crippen molar-refractivity contribution in [2.45, 2.75) is 26.3 Å². The molecule has 2 heterocycles. The van der Waals surface area contributed by atoms with Crippen LogP contribution in [0.5, 0.6) is 0 Å². The smallest absolute Gasteiger partial charge is 0.320 e. The van der Waals surface area contributed by atoms with Gasteiger partial charge in [0.05, 0.1) is 6.54 Å². The van der Waals surface area contributed by atoms with Crippen LogP contribution >= 0.6 is 0 Å². The monoisotopic (exact) mass is 286 g/mol. The van der Waals surface area contributed by atoms with Gasteiger partial charge in [-0.25, -0.2) is 13.6 Å². The van der Waals surface area contributed by atoms with Gasteiger partial charge < -0.3 is 14.4 Å². The highest BCUT2D eigenvalue weighted by Gasteiger charge is 2.14. The lowest BCUT2D eigenvalue weighted by Gasteiger charge is -2.01. The molecule has 2 aromatic heterocycles. The Morgan fingerprint density at radius 2 is 2.15 bits per heavy atom. The minimum Gasteiger partial charge on any atom is -0.359 e. The van der Waals surface area contributed by atoms with E-state index >= 15 is 0 Å². The maximum Gasteiger partial charge on any atom is 0.320 e. The predicted octanol–water partition coefficient (Wildman–Crippen LogP) is 2.48. The summed E-state index contributed by atoms with van der Waals surface area (Å²) in [4.78, 5) is 11.5. The number of halogens is 2. The molecule has 2 rings (SSSR count). The second kappa shape index (κ2) is 6.13. The van der Waals surface area contributed by atoms with E-state index in [2.05, 4.69) is 25.5 Å². The molecule has 0 saturated heterocycles. The first-order valence-corrected chi connectivity index (χ1v) is 5.82. The first-order chi connectivity index (χ1) is 9.58. The van der Waals surface area contributed by atoms with Crippen molar-refractivity contribution >= 4 is 11.8 Å². The minimum atomic E-state index is -2.73. The van der Waals surface area contributed by atoms with Crippen LogP contribution in [0.4, 0.5) is 19.4 Å². The second-order valence-electron chi connectivity index (χ2n) is 3.86. The summed E-state index contributed by atoms with van der Waals surface area (Å²) in [6.07, 6.45) is -2.07. The van der Waals surface area contributed by atoms with Crippen molar-refractivity contribution in [3.63, 3.8) is 0 Å². The van der Waals surface area contributed by atoms with Crippen LogP contribution in [0.25, 0.3) is 0 Å². The summed E-state index contributed by atoms with van der Waals surface area (Å²) >= 11 is 0. The largest absolute Gasteiger partial charge is 0.359 e. The van der Waals surface area contributed by atoms with E-state index in [0.717, 1.165) is 6.07 Å². The average molecular weight is 286 g/mol. The standard InChI is InChI=1S/C11H12F2N4O3/c1-2-7-4-9(17-19-7)15-11(18)14-5-6-3-8(10(12)13)20-16-6/h3-4,10H,2,5H2,1H3,(H2,14,15,17,18). The molecule has 0 aromatic carbocycles. The number of nitrogens with one attached hydrogen (secondary N) is 2. The van der Waals surface area contributed by atoms with E-state index in [1.54, 1.807) is 6.07 Å². The van der Waals surface area contributed by atoms with Crippen LogP contribution in [0, 0.1) is 0 Å². The summed E-state index contributed by atoms with van der Waals surface area (Å²) in [7, 11) is 0. The van der Waals surface area contributed by atoms with Crippen molar-refractivity contribution in [2.24, 2.45) is 0 Å². The van der Waals surface area contributed by atoms with Gasteiger partial charge in [-0.1, -0.05) is 17.2 Å². The van der Waals surface area contributed by atoms with Gasteiger partial charge in [-0.2, -0.15) is 0 Å². The van der Waals surface area contributed by atoms with Gasteiger partial charge in [0.15, 0.2) is 5.82 Å². The normalized spacial score (nSPS) is 10.8. The Morgan fingerprint density at radius 3 is 2.75 bits per heavy atom. The van der Waals surface area contributed by atoms with Crippen molar-refractivity contribution in [1.29, 1.82) is 0 Å². The van der Waals surface area contributed by atoms with Crippen LogP contribution in [-0.4, -0.2) is 16.3 Å². The number of aromatic nitrogens is 2. The minimum absolute atomic E-state index is 0.0411. The lowest BCUT2D eigenvalue weighted by molar-refractivity contribution is 0.112. The molecule has 0 radical (unpaired) electrons. The zero-order valence-electron chi connectivity index (χ0n) is 10.5. The highest BCUT2D eigenvalue weighted by atomic mass is 19.3. The Bertz CT molecular complexity index is 582. The number of amides is 2. The van der Waals surface area contributed by atoms with Gasteiger partial charge in [-0.3, -0.25) is 5.32 Å². The van der Waals surface area contributed by atoms with Crippen molar-refractivity contribution in [3.05, 3.63) is 29.3 Å². The van der Waals surface area contributed by atoms with Gasteiger partial charge in [0.25, 0.3) is 6.43 Å². The lowest BCUT2D eigenvalue weighted by atomic mass is 10.3. The maximum atomic E-state index is 12.3. The zero-order valence-corrected chi connectivity index (χ0v) is 10.5. The number of nitrogens with zero attached hydrogens (tertiary/aromatic N) is 2. The summed E-state index contributed by atoms with van der Waals surface area (Å²) < 4.78 is 33.8. The third kappa shape index (κ3) is 3.53. The van der Waals surface area contributed by atoms with Crippen LogP contribution in [0.3, 0.4) is 0 Å². The molecule has 0 fully saturated rings. The van der Waals surface area contributed by atoms with Crippen LogP contribution in [0.15, 0.2) is 21.2 Å². The summed E-state index contributed by atoms with van der Waals surface area (Å²) in [5, 5.41) is 11.9. The summed E-state index contributed by atoms with van der Waals surface area (Å²) in [6.45, 7) is 1.84. The fourth-order valence-electron chi connectivity index (χ4n) is 1.38. The molecule has 0 unspecified atom stereocenters. The molecule has 9 heteroatoms. The molecule has 0 aliphatic heterocycles. The number of urea groups is 1. The highest BCUT2D eigenvalue weighted by Crippen LogP contribution is 2.18. The average Bonchev–Trinajstić information content (AvgIpc) is 3.05. The summed E-state index contributed by atoms with van der Waals surface area (Å²) in [5.74, 6) is 0.373. The first kappa shape index (κ1) is 14.0. The van der Waals surface area contributed by atoms with Crippen LogP contribution in [-0.2, 0) is 13.0 Å². The molecule has 108 valence electrons. The van der Waals surface area contributed by atoms with Gasteiger partial charge >= 0.3 is 6.03 Å². The maximum absolute atomic E-state index is 12.3. The van der Waals surface area contributed by atoms with E-state index in [1.165, 1.54) is 0 Å². The van der Waals surface area contributed by atoms with Gasteiger partial charge in [0.2, 0.25) is 5.76 Å². The number of alkyl halides is 2. The summed E-state index contributed by atoms with van der Waals surface area (Å²) in [5.41, 5.74) is 0.199. The van der Waals surface area contributed by atoms with Crippen LogP contribution < -0.4 is 10.6 Å². The molecular formula is C11H12F2N4O3. The van der Waals surface area contributed by atoms with E-state index in [0.29, 0.717) is 12.2 Å². The van der Waals surface area contributed by atoms with E-state index in [-0.39, 0.29) is 18.1 Å². The molecule has 0 aliphatic rings. The molecule has 2 N–H and O–H groups in total. The van der Waals surface area contributed by atoms with E-state index < -0.39 is 18.2 Å². The molecule has 0 bridgehead atoms. The molecular weight excluding hydrogens is 274 g/mol. The van der Waals surface area contributed by atoms with Crippen molar-refractivity contribution in [2.75, 3.05) is 5.32 Å². The lowest BCUT2D eigenvalue weighted by Crippen LogP contribution is -2.28. The van der Waals surface area contributed by atoms with E-state index in [1.807, 2.05) is 6.92 Å². The summed E-state index contributed by atoms with van der Waals surface area (Å²) in [6, 6.07) is 2.11. The number of anilines is 1. The second-order valence-corrected chi connectivity index (χ2v) is 3.86. The number of hydrogen-bond acceptors (Lipinski definition) is 5. The topological polar surface area (TPSA) is 93.2 Å². The number of hydrogen-bond donors (Lipinski definition) is 2. The van der Waals surface area contributed by atoms with Gasteiger partial charge in [0, 0.05) is 18.6 Å². The fraction of sp³-hybridized carbons (Fsp3) is 0.364. The molecule has 20 heavy (non-hydrogen) atoms. The van der Waals surface area contributed by atoms with Gasteiger partial charge in [-0.05, 0) is 0 Å². The van der Waals surface area contributed by atoms with Gasteiger partial charge in [0.1, 0.15) is 11.5 Å². The number of aryl methyl sites for hydroxylation is 1. The molecule has 2 aromatic rings. The third-order valence-electron chi connectivity index (χ3n) is 2.37. The van der Waals surface area contributed by atoms with Crippen LogP contribution in [0.1, 0.15) is 30.6 Å². The first-order valence-electron chi connectivity index (χ1n) is 5.82. The Balaban J connectivity index is 1.82. The Kier molecular flexibility index (Phi) is 4.28. The Morgan fingerprint density at radius 1 is 1.35 bits per heavy atom. The van der Waals surface area contributed by atoms with E-state index in [4.69, 9.17) is 4.52 Å². The third-order valence-corrected chi connectivity index (χ3v) is 2.37. The predicted molar refractivity (Wildman–Crippen MR) is 63.2 cm³/mol. The fourth-order valence-corrected chi connectivity index (χ4v) is 1.38. The number of carbonyl (C=O) groups excluding carboxylic acids is 1. The number of rotatable bonds is 5. The Labute approximate surface area is 112 Å². The molecule has 0 aliphatic carbocycles. The SMILES string of the molecule is CCc1cc(NC(=O)NCc2cc(C(F)F)on2)no1. The molecule has 0 saturated carbocycles. The molecule has 7 nitrogen and oxygen atoms in total. The molecule has 0 atom stereocenters. The highest BCUT2D eigenvalue weighted by molar-refractivity contribution is 5.88. The van der Waals surface area contributed by atoms with Crippen molar-refractivity contribution < 1.29 is 22.6 Å². The Hall–Kier alpha value is -2.45. The zero-order chi connectivity index (χ0) is 14.5. The quantitative estimate of drug-likeness (QED) is 0.880. The van der Waals surface area contributed by atoms with Crippen molar-refractivity contribution in [1.82, 2.24) is 15.6 Å². The number of carbonyl (C=O) groups is 1. The molecule has 2 amide bonds. The van der Waals surface area contributed by atoms with E-state index in [9.17, 15) is 13.6 Å².